The zero-order chi connectivity index (χ0) is 14.5. The Morgan fingerprint density at radius 1 is 1.10 bits per heavy atom. The lowest BCUT2D eigenvalue weighted by Crippen LogP contribution is -2.50. The molecule has 116 valence electrons. The lowest BCUT2D eigenvalue weighted by Gasteiger charge is -2.42. The summed E-state index contributed by atoms with van der Waals surface area (Å²) in [4.78, 5) is 14.2. The molecule has 0 heterocycles. The van der Waals surface area contributed by atoms with E-state index < -0.39 is 5.97 Å². The van der Waals surface area contributed by atoms with Crippen LogP contribution < -0.4 is 0 Å². The number of hydrogen-bond donors (Lipinski definition) is 1. The number of hydrogen-bond acceptors (Lipinski definition) is 2. The molecule has 0 spiro atoms. The van der Waals surface area contributed by atoms with Gasteiger partial charge in [-0.3, -0.25) is 9.69 Å². The molecule has 2 atom stereocenters. The van der Waals surface area contributed by atoms with Crippen LogP contribution in [0, 0.1) is 11.8 Å². The van der Waals surface area contributed by atoms with Crippen molar-refractivity contribution in [2.45, 2.75) is 83.7 Å². The van der Waals surface area contributed by atoms with Crippen molar-refractivity contribution in [2.75, 3.05) is 6.54 Å². The fourth-order valence-electron chi connectivity index (χ4n) is 4.06. The smallest absolute Gasteiger partial charge is 0.308 e. The molecule has 0 aromatic carbocycles. The Bertz CT molecular complexity index is 310. The van der Waals surface area contributed by atoms with Crippen LogP contribution in [-0.2, 0) is 4.79 Å². The monoisotopic (exact) mass is 281 g/mol. The Morgan fingerprint density at radius 3 is 2.30 bits per heavy atom. The van der Waals surface area contributed by atoms with Crippen molar-refractivity contribution < 1.29 is 9.90 Å². The normalized spacial score (nSPS) is 28.4. The van der Waals surface area contributed by atoms with E-state index in [-0.39, 0.29) is 5.92 Å². The highest BCUT2D eigenvalue weighted by atomic mass is 16.4. The minimum atomic E-state index is -0.567. The van der Waals surface area contributed by atoms with Crippen molar-refractivity contribution in [3.8, 4) is 0 Å². The maximum atomic E-state index is 11.6. The first-order chi connectivity index (χ1) is 9.59. The predicted molar refractivity (Wildman–Crippen MR) is 81.8 cm³/mol. The second-order valence-electron chi connectivity index (χ2n) is 7.16. The zero-order valence-corrected chi connectivity index (χ0v) is 13.2. The van der Waals surface area contributed by atoms with Crippen LogP contribution in [0.3, 0.4) is 0 Å². The molecule has 2 aliphatic carbocycles. The Hall–Kier alpha value is -0.570. The van der Waals surface area contributed by atoms with Gasteiger partial charge in [-0.15, -0.1) is 0 Å². The molecule has 0 bridgehead atoms. The molecule has 1 N–H and O–H groups in total. The van der Waals surface area contributed by atoms with Crippen LogP contribution in [0.15, 0.2) is 0 Å². The van der Waals surface area contributed by atoms with Crippen molar-refractivity contribution >= 4 is 5.97 Å². The molecule has 2 aliphatic rings. The summed E-state index contributed by atoms with van der Waals surface area (Å²) < 4.78 is 0. The summed E-state index contributed by atoms with van der Waals surface area (Å²) in [5.41, 5.74) is 0. The number of carboxylic acid groups (broad SMARTS) is 1. The summed E-state index contributed by atoms with van der Waals surface area (Å²) in [6.45, 7) is 5.63. The van der Waals surface area contributed by atoms with Gasteiger partial charge in [-0.1, -0.05) is 39.5 Å². The SMILES string of the molecule is CC(C)CCN(C1CCCC1)C1CCCCC1C(=O)O. The van der Waals surface area contributed by atoms with Crippen LogP contribution in [-0.4, -0.2) is 34.6 Å². The van der Waals surface area contributed by atoms with E-state index in [0.717, 1.165) is 25.8 Å². The van der Waals surface area contributed by atoms with Gasteiger partial charge >= 0.3 is 5.97 Å². The molecule has 3 nitrogen and oxygen atoms in total. The van der Waals surface area contributed by atoms with Crippen molar-refractivity contribution in [3.63, 3.8) is 0 Å². The number of carbonyl (C=O) groups is 1. The minimum Gasteiger partial charge on any atom is -0.481 e. The van der Waals surface area contributed by atoms with Crippen LogP contribution >= 0.6 is 0 Å². The van der Waals surface area contributed by atoms with Gasteiger partial charge in [0, 0.05) is 12.1 Å². The maximum Gasteiger partial charge on any atom is 0.308 e. The molecule has 0 radical (unpaired) electrons. The van der Waals surface area contributed by atoms with Gasteiger partial charge in [0.2, 0.25) is 0 Å². The Kier molecular flexibility index (Phi) is 5.88. The third-order valence-corrected chi connectivity index (χ3v) is 5.23. The van der Waals surface area contributed by atoms with E-state index in [1.807, 2.05) is 0 Å². The zero-order valence-electron chi connectivity index (χ0n) is 13.2. The van der Waals surface area contributed by atoms with E-state index in [9.17, 15) is 9.90 Å². The van der Waals surface area contributed by atoms with E-state index in [2.05, 4.69) is 18.7 Å². The molecule has 0 amide bonds. The molecule has 20 heavy (non-hydrogen) atoms. The molecule has 2 rings (SSSR count). The van der Waals surface area contributed by atoms with Gasteiger partial charge in [0.05, 0.1) is 5.92 Å². The Morgan fingerprint density at radius 2 is 1.70 bits per heavy atom. The second kappa shape index (κ2) is 7.44. The van der Waals surface area contributed by atoms with Gasteiger partial charge in [-0.25, -0.2) is 0 Å². The molecule has 2 saturated carbocycles. The minimum absolute atomic E-state index is 0.128. The van der Waals surface area contributed by atoms with Crippen LogP contribution in [0.5, 0.6) is 0 Å². The quantitative estimate of drug-likeness (QED) is 0.802. The van der Waals surface area contributed by atoms with Gasteiger partial charge < -0.3 is 5.11 Å². The first-order valence-electron chi connectivity index (χ1n) is 8.58. The molecule has 2 unspecified atom stereocenters. The number of aliphatic carboxylic acids is 1. The summed E-state index contributed by atoms with van der Waals surface area (Å²) in [6, 6.07) is 0.946. The van der Waals surface area contributed by atoms with Crippen molar-refractivity contribution in [1.82, 2.24) is 4.90 Å². The van der Waals surface area contributed by atoms with Crippen LogP contribution in [0.2, 0.25) is 0 Å². The molecular weight excluding hydrogens is 250 g/mol. The highest BCUT2D eigenvalue weighted by Gasteiger charge is 2.38. The summed E-state index contributed by atoms with van der Waals surface area (Å²) >= 11 is 0. The van der Waals surface area contributed by atoms with Crippen LogP contribution in [0.25, 0.3) is 0 Å². The first kappa shape index (κ1) is 15.8. The van der Waals surface area contributed by atoms with Gasteiger partial charge in [0.15, 0.2) is 0 Å². The molecule has 0 aliphatic heterocycles. The Balaban J connectivity index is 2.07. The highest BCUT2D eigenvalue weighted by molar-refractivity contribution is 5.71. The third kappa shape index (κ3) is 3.97. The molecule has 0 aromatic heterocycles. The molecule has 0 aromatic rings. The fourth-order valence-corrected chi connectivity index (χ4v) is 4.06. The molecule has 0 saturated heterocycles. The van der Waals surface area contributed by atoms with Crippen LogP contribution in [0.1, 0.15) is 71.6 Å². The highest BCUT2D eigenvalue weighted by Crippen LogP contribution is 2.34. The average Bonchev–Trinajstić information content (AvgIpc) is 2.93. The van der Waals surface area contributed by atoms with E-state index >= 15 is 0 Å². The van der Waals surface area contributed by atoms with E-state index in [1.54, 1.807) is 0 Å². The molecule has 3 heteroatoms. The summed E-state index contributed by atoms with van der Waals surface area (Å²) in [5.74, 6) is 0.00419. The topological polar surface area (TPSA) is 40.5 Å². The summed E-state index contributed by atoms with van der Waals surface area (Å²) in [5, 5.41) is 9.55. The second-order valence-corrected chi connectivity index (χ2v) is 7.16. The van der Waals surface area contributed by atoms with Crippen LogP contribution in [0.4, 0.5) is 0 Å². The lowest BCUT2D eigenvalue weighted by atomic mass is 9.82. The van der Waals surface area contributed by atoms with Crippen molar-refractivity contribution in [1.29, 1.82) is 0 Å². The summed E-state index contributed by atoms with van der Waals surface area (Å²) in [7, 11) is 0. The Labute approximate surface area is 123 Å². The molecular formula is C17H31NO2. The van der Waals surface area contributed by atoms with E-state index in [1.165, 1.54) is 38.5 Å². The van der Waals surface area contributed by atoms with E-state index in [4.69, 9.17) is 0 Å². The van der Waals surface area contributed by atoms with Gasteiger partial charge in [-0.05, 0) is 44.6 Å². The van der Waals surface area contributed by atoms with Gasteiger partial charge in [0.25, 0.3) is 0 Å². The molecule has 2 fully saturated rings. The van der Waals surface area contributed by atoms with Gasteiger partial charge in [0.1, 0.15) is 0 Å². The lowest BCUT2D eigenvalue weighted by molar-refractivity contribution is -0.146. The standard InChI is InChI=1S/C17H31NO2/c1-13(2)11-12-18(14-7-3-4-8-14)16-10-6-5-9-15(16)17(19)20/h13-16H,3-12H2,1-2H3,(H,19,20). The fraction of sp³-hybridized carbons (Fsp3) is 0.941. The third-order valence-electron chi connectivity index (χ3n) is 5.23. The van der Waals surface area contributed by atoms with Crippen molar-refractivity contribution in [2.24, 2.45) is 11.8 Å². The predicted octanol–water partition coefficient (Wildman–Crippen LogP) is 3.92. The largest absolute Gasteiger partial charge is 0.481 e. The number of nitrogens with zero attached hydrogens (tertiary/aromatic N) is 1. The number of rotatable bonds is 6. The van der Waals surface area contributed by atoms with Gasteiger partial charge in [-0.2, -0.15) is 0 Å². The maximum absolute atomic E-state index is 11.6. The van der Waals surface area contributed by atoms with Crippen molar-refractivity contribution in [3.05, 3.63) is 0 Å². The summed E-state index contributed by atoms with van der Waals surface area (Å²) in [6.07, 6.45) is 10.7. The average molecular weight is 281 g/mol. The number of carboxylic acids is 1. The van der Waals surface area contributed by atoms with E-state index in [0.29, 0.717) is 18.0 Å². The first-order valence-corrected chi connectivity index (χ1v) is 8.58.